The number of esters is 1. The number of carbonyl (C=O) groups is 1. The van der Waals surface area contributed by atoms with Gasteiger partial charge in [0.05, 0.1) is 12.2 Å². The van der Waals surface area contributed by atoms with Crippen LogP contribution in [0, 0.1) is 5.82 Å². The number of benzene rings is 1. The van der Waals surface area contributed by atoms with E-state index in [2.05, 4.69) is 5.32 Å². The van der Waals surface area contributed by atoms with Gasteiger partial charge in [0.1, 0.15) is 11.9 Å². The van der Waals surface area contributed by atoms with Crippen LogP contribution in [-0.4, -0.2) is 18.6 Å². The van der Waals surface area contributed by atoms with Gasteiger partial charge < -0.3 is 10.1 Å². The number of ether oxygens (including phenoxy) is 1. The molecule has 0 fully saturated rings. The van der Waals surface area contributed by atoms with E-state index in [1.54, 1.807) is 6.92 Å². The fourth-order valence-electron chi connectivity index (χ4n) is 1.58. The second-order valence-corrected chi connectivity index (χ2v) is 4.15. The summed E-state index contributed by atoms with van der Waals surface area (Å²) in [6.45, 7) is 3.09. The van der Waals surface area contributed by atoms with Gasteiger partial charge in [-0.3, -0.25) is 4.79 Å². The summed E-state index contributed by atoms with van der Waals surface area (Å²) >= 11 is 0. The average molecular weight is 293 g/mol. The van der Waals surface area contributed by atoms with Crippen LogP contribution in [0.2, 0.25) is 0 Å². The molecule has 1 atom stereocenters. The number of carbonyl (C=O) groups excluding carboxylic acids is 1. The molecule has 0 aliphatic rings. The lowest BCUT2D eigenvalue weighted by Crippen LogP contribution is -2.35. The summed E-state index contributed by atoms with van der Waals surface area (Å²) in [6.07, 6.45) is -4.65. The molecule has 0 aromatic heterocycles. The van der Waals surface area contributed by atoms with Crippen molar-refractivity contribution < 1.29 is 27.1 Å². The molecule has 0 saturated heterocycles. The maximum absolute atomic E-state index is 12.9. The first-order valence-corrected chi connectivity index (χ1v) is 6.01. The van der Waals surface area contributed by atoms with E-state index in [0.717, 1.165) is 12.1 Å². The van der Waals surface area contributed by atoms with Gasteiger partial charge in [-0.1, -0.05) is 6.07 Å². The average Bonchev–Trinajstić information content (AvgIpc) is 2.36. The Labute approximate surface area is 113 Å². The van der Waals surface area contributed by atoms with Crippen molar-refractivity contribution in [1.82, 2.24) is 5.32 Å². The first-order valence-electron chi connectivity index (χ1n) is 6.01. The topological polar surface area (TPSA) is 38.3 Å². The molecule has 7 heteroatoms. The van der Waals surface area contributed by atoms with Crippen molar-refractivity contribution in [3.8, 4) is 0 Å². The fraction of sp³-hybridized carbons (Fsp3) is 0.462. The number of nitrogens with one attached hydrogen (secondary N) is 1. The van der Waals surface area contributed by atoms with Crippen molar-refractivity contribution in [3.63, 3.8) is 0 Å². The molecule has 1 unspecified atom stereocenters. The second-order valence-electron chi connectivity index (χ2n) is 4.15. The molecule has 1 aromatic rings. The van der Waals surface area contributed by atoms with E-state index in [0.29, 0.717) is 6.07 Å². The minimum absolute atomic E-state index is 0.130. The van der Waals surface area contributed by atoms with Crippen LogP contribution in [0.25, 0.3) is 0 Å². The molecule has 0 radical (unpaired) electrons. The van der Waals surface area contributed by atoms with Crippen LogP contribution in [0.3, 0.4) is 0 Å². The quantitative estimate of drug-likeness (QED) is 0.670. The molecule has 1 N–H and O–H groups in total. The van der Waals surface area contributed by atoms with Crippen LogP contribution >= 0.6 is 0 Å². The lowest BCUT2D eigenvalue weighted by atomic mass is 10.1. The van der Waals surface area contributed by atoms with Crippen LogP contribution in [0.4, 0.5) is 17.6 Å². The third-order valence-electron chi connectivity index (χ3n) is 2.62. The van der Waals surface area contributed by atoms with Gasteiger partial charge in [0.25, 0.3) is 0 Å². The molecule has 1 aromatic carbocycles. The monoisotopic (exact) mass is 293 g/mol. The molecule has 0 spiro atoms. The minimum atomic E-state index is -4.65. The molecule has 20 heavy (non-hydrogen) atoms. The summed E-state index contributed by atoms with van der Waals surface area (Å²) in [6, 6.07) is 1.68. The number of alkyl halides is 3. The fourth-order valence-corrected chi connectivity index (χ4v) is 1.58. The minimum Gasteiger partial charge on any atom is -0.465 e. The zero-order valence-corrected chi connectivity index (χ0v) is 11.1. The van der Waals surface area contributed by atoms with Crippen LogP contribution in [0.5, 0.6) is 0 Å². The molecule has 0 aliphatic heterocycles. The summed E-state index contributed by atoms with van der Waals surface area (Å²) in [5, 5.41) is 2.62. The predicted octanol–water partition coefficient (Wildman–Crippen LogP) is 2.89. The van der Waals surface area contributed by atoms with E-state index < -0.39 is 29.6 Å². The highest BCUT2D eigenvalue weighted by atomic mass is 19.4. The van der Waals surface area contributed by atoms with Crippen molar-refractivity contribution in [2.45, 2.75) is 32.6 Å². The van der Waals surface area contributed by atoms with Crippen LogP contribution < -0.4 is 5.32 Å². The van der Waals surface area contributed by atoms with Crippen molar-refractivity contribution in [2.24, 2.45) is 0 Å². The van der Waals surface area contributed by atoms with Crippen molar-refractivity contribution >= 4 is 5.97 Å². The lowest BCUT2D eigenvalue weighted by Gasteiger charge is -2.16. The largest absolute Gasteiger partial charge is 0.465 e. The van der Waals surface area contributed by atoms with Gasteiger partial charge in [-0.05, 0) is 31.5 Å². The first-order chi connectivity index (χ1) is 9.25. The molecule has 0 bridgehead atoms. The van der Waals surface area contributed by atoms with Gasteiger partial charge in [0.15, 0.2) is 0 Å². The van der Waals surface area contributed by atoms with E-state index in [1.165, 1.54) is 6.92 Å². The smallest absolute Gasteiger partial charge is 0.416 e. The number of halogens is 4. The predicted molar refractivity (Wildman–Crippen MR) is 64.3 cm³/mol. The zero-order valence-electron chi connectivity index (χ0n) is 11.1. The van der Waals surface area contributed by atoms with E-state index >= 15 is 0 Å². The Morgan fingerprint density at radius 3 is 2.60 bits per heavy atom. The summed E-state index contributed by atoms with van der Waals surface area (Å²) in [7, 11) is 0. The summed E-state index contributed by atoms with van der Waals surface area (Å²) in [5.74, 6) is -1.51. The highest BCUT2D eigenvalue weighted by Crippen LogP contribution is 2.32. The molecule has 112 valence electrons. The maximum atomic E-state index is 12.9. The molecule has 0 saturated carbocycles. The third kappa shape index (κ3) is 4.48. The summed E-state index contributed by atoms with van der Waals surface area (Å²) < 4.78 is 55.9. The van der Waals surface area contributed by atoms with Crippen LogP contribution in [0.15, 0.2) is 18.2 Å². The van der Waals surface area contributed by atoms with E-state index in [9.17, 15) is 22.4 Å². The number of rotatable bonds is 5. The highest BCUT2D eigenvalue weighted by molar-refractivity contribution is 5.75. The Bertz CT molecular complexity index is 474. The Kier molecular flexibility index (Phi) is 5.50. The molecular formula is C13H15F4NO2. The molecule has 1 rings (SSSR count). The van der Waals surface area contributed by atoms with Crippen LogP contribution in [-0.2, 0) is 22.3 Å². The maximum Gasteiger partial charge on any atom is 0.416 e. The van der Waals surface area contributed by atoms with Gasteiger partial charge in [0, 0.05) is 6.54 Å². The van der Waals surface area contributed by atoms with Crippen LogP contribution in [0.1, 0.15) is 25.0 Å². The van der Waals surface area contributed by atoms with Crippen molar-refractivity contribution in [2.75, 3.05) is 6.61 Å². The Morgan fingerprint density at radius 1 is 1.40 bits per heavy atom. The van der Waals surface area contributed by atoms with E-state index in [4.69, 9.17) is 4.74 Å². The van der Waals surface area contributed by atoms with Crippen molar-refractivity contribution in [3.05, 3.63) is 35.1 Å². The van der Waals surface area contributed by atoms with Gasteiger partial charge in [-0.2, -0.15) is 13.2 Å². The zero-order chi connectivity index (χ0) is 15.3. The molecule has 0 aliphatic carbocycles. The standard InChI is InChI=1S/C13H15F4NO2/c1-3-20-12(19)8(2)18-7-9-4-5-10(14)6-11(9)13(15,16)17/h4-6,8,18H,3,7H2,1-2H3. The Hall–Kier alpha value is -1.63. The third-order valence-corrected chi connectivity index (χ3v) is 2.62. The summed E-state index contributed by atoms with van der Waals surface area (Å²) in [5.41, 5.74) is -1.18. The molecular weight excluding hydrogens is 278 g/mol. The van der Waals surface area contributed by atoms with Gasteiger partial charge >= 0.3 is 12.1 Å². The van der Waals surface area contributed by atoms with Crippen molar-refractivity contribution in [1.29, 1.82) is 0 Å². The van der Waals surface area contributed by atoms with E-state index in [1.807, 2.05) is 0 Å². The van der Waals surface area contributed by atoms with Gasteiger partial charge in [0.2, 0.25) is 0 Å². The number of hydrogen-bond acceptors (Lipinski definition) is 3. The summed E-state index contributed by atoms with van der Waals surface area (Å²) in [4.78, 5) is 11.3. The molecule has 0 heterocycles. The second kappa shape index (κ2) is 6.69. The first kappa shape index (κ1) is 16.4. The highest BCUT2D eigenvalue weighted by Gasteiger charge is 2.33. The van der Waals surface area contributed by atoms with Gasteiger partial charge in [-0.15, -0.1) is 0 Å². The number of hydrogen-bond donors (Lipinski definition) is 1. The molecule has 3 nitrogen and oxygen atoms in total. The Balaban J connectivity index is 2.80. The van der Waals surface area contributed by atoms with E-state index in [-0.39, 0.29) is 18.7 Å². The van der Waals surface area contributed by atoms with Gasteiger partial charge in [-0.25, -0.2) is 4.39 Å². The SMILES string of the molecule is CCOC(=O)C(C)NCc1ccc(F)cc1C(F)(F)F. The Morgan fingerprint density at radius 2 is 2.05 bits per heavy atom. The molecule has 0 amide bonds. The lowest BCUT2D eigenvalue weighted by molar-refractivity contribution is -0.145. The normalized spacial score (nSPS) is 13.1.